The summed E-state index contributed by atoms with van der Waals surface area (Å²) in [6.07, 6.45) is 3.00. The fourth-order valence-electron chi connectivity index (χ4n) is 2.56. The van der Waals surface area contributed by atoms with Gasteiger partial charge in [-0.2, -0.15) is 0 Å². The van der Waals surface area contributed by atoms with Crippen molar-refractivity contribution < 1.29 is 9.84 Å². The molecule has 1 fully saturated rings. The van der Waals surface area contributed by atoms with Gasteiger partial charge in [0.1, 0.15) is 0 Å². The van der Waals surface area contributed by atoms with E-state index in [2.05, 4.69) is 10.2 Å². The van der Waals surface area contributed by atoms with Crippen molar-refractivity contribution in [1.82, 2.24) is 10.2 Å². The molecule has 0 spiro atoms. The molecule has 1 aliphatic rings. The Kier molecular flexibility index (Phi) is 5.95. The minimum absolute atomic E-state index is 0.221. The number of nitrogens with one attached hydrogen (secondary N) is 1. The molecule has 0 aromatic heterocycles. The first-order valence-electron chi connectivity index (χ1n) is 7.19. The van der Waals surface area contributed by atoms with Gasteiger partial charge in [0.2, 0.25) is 0 Å². The zero-order valence-corrected chi connectivity index (χ0v) is 12.7. The van der Waals surface area contributed by atoms with E-state index in [0.29, 0.717) is 10.8 Å². The van der Waals surface area contributed by atoms with E-state index in [0.717, 1.165) is 57.5 Å². The van der Waals surface area contributed by atoms with E-state index in [1.165, 1.54) is 0 Å². The fraction of sp³-hybridized carbons (Fsp3) is 0.600. The molecule has 0 bridgehead atoms. The second kappa shape index (κ2) is 7.72. The van der Waals surface area contributed by atoms with Gasteiger partial charge in [0.05, 0.1) is 7.11 Å². The molecule has 0 atom stereocenters. The maximum absolute atomic E-state index is 10.1. The van der Waals surface area contributed by atoms with Crippen molar-refractivity contribution in [2.45, 2.75) is 19.3 Å². The zero-order valence-electron chi connectivity index (χ0n) is 12.0. The first-order valence-corrected chi connectivity index (χ1v) is 7.57. The van der Waals surface area contributed by atoms with Gasteiger partial charge in [0, 0.05) is 37.3 Å². The Morgan fingerprint density at radius 3 is 2.75 bits per heavy atom. The third-order valence-electron chi connectivity index (χ3n) is 3.72. The minimum Gasteiger partial charge on any atom is -0.504 e. The van der Waals surface area contributed by atoms with Crippen LogP contribution in [-0.4, -0.2) is 49.8 Å². The largest absolute Gasteiger partial charge is 0.504 e. The lowest BCUT2D eigenvalue weighted by atomic mass is 10.1. The Morgan fingerprint density at radius 1 is 1.30 bits per heavy atom. The van der Waals surface area contributed by atoms with Crippen LogP contribution in [0.1, 0.15) is 18.4 Å². The molecule has 1 aromatic rings. The Bertz CT molecular complexity index is 434. The highest BCUT2D eigenvalue weighted by Gasteiger charge is 2.11. The normalized spacial score (nSPS) is 16.3. The number of ether oxygens (including phenoxy) is 1. The molecule has 5 heteroatoms. The third-order valence-corrected chi connectivity index (χ3v) is 3.94. The molecule has 1 saturated heterocycles. The average Bonchev–Trinajstić information content (AvgIpc) is 2.47. The number of phenolic OH excluding ortho intramolecular Hbond substituents is 1. The summed E-state index contributed by atoms with van der Waals surface area (Å²) in [5.41, 5.74) is 0.870. The van der Waals surface area contributed by atoms with Crippen LogP contribution in [0.4, 0.5) is 0 Å². The summed E-state index contributed by atoms with van der Waals surface area (Å²) in [4.78, 5) is 2.48. The zero-order chi connectivity index (χ0) is 14.4. The number of aryl methyl sites for hydroxylation is 1. The van der Waals surface area contributed by atoms with E-state index in [-0.39, 0.29) is 5.75 Å². The molecular formula is C15H23ClN2O2. The van der Waals surface area contributed by atoms with Gasteiger partial charge in [0.15, 0.2) is 11.5 Å². The average molecular weight is 299 g/mol. The van der Waals surface area contributed by atoms with Crippen molar-refractivity contribution in [1.29, 1.82) is 0 Å². The van der Waals surface area contributed by atoms with Crippen LogP contribution in [-0.2, 0) is 6.42 Å². The smallest absolute Gasteiger partial charge is 0.162 e. The van der Waals surface area contributed by atoms with Crippen molar-refractivity contribution in [2.75, 3.05) is 39.8 Å². The maximum atomic E-state index is 10.1. The van der Waals surface area contributed by atoms with Crippen molar-refractivity contribution in [3.63, 3.8) is 0 Å². The highest BCUT2D eigenvalue weighted by atomic mass is 35.5. The van der Waals surface area contributed by atoms with Gasteiger partial charge in [-0.3, -0.25) is 0 Å². The molecule has 0 radical (unpaired) electrons. The van der Waals surface area contributed by atoms with Crippen LogP contribution in [0, 0.1) is 0 Å². The van der Waals surface area contributed by atoms with Gasteiger partial charge in [-0.25, -0.2) is 0 Å². The van der Waals surface area contributed by atoms with Crippen molar-refractivity contribution in [3.05, 3.63) is 22.7 Å². The Morgan fingerprint density at radius 2 is 2.05 bits per heavy atom. The van der Waals surface area contributed by atoms with E-state index in [4.69, 9.17) is 16.3 Å². The number of rotatable bonds is 6. The predicted molar refractivity (Wildman–Crippen MR) is 81.9 cm³/mol. The minimum atomic E-state index is 0.221. The van der Waals surface area contributed by atoms with E-state index in [1.807, 2.05) is 6.07 Å². The van der Waals surface area contributed by atoms with Crippen molar-refractivity contribution in [2.24, 2.45) is 0 Å². The van der Waals surface area contributed by atoms with Gasteiger partial charge in [-0.1, -0.05) is 11.6 Å². The molecule has 0 saturated carbocycles. The van der Waals surface area contributed by atoms with Crippen molar-refractivity contribution >= 4 is 11.6 Å². The number of unbranched alkanes of at least 4 members (excludes halogenated alkanes) is 1. The van der Waals surface area contributed by atoms with Crippen LogP contribution in [0.3, 0.4) is 0 Å². The van der Waals surface area contributed by atoms with Crippen LogP contribution in [0.15, 0.2) is 12.1 Å². The number of phenols is 1. The number of hydrogen-bond acceptors (Lipinski definition) is 4. The lowest BCUT2D eigenvalue weighted by molar-refractivity contribution is 0.236. The molecule has 4 nitrogen and oxygen atoms in total. The van der Waals surface area contributed by atoms with E-state index in [1.54, 1.807) is 13.2 Å². The highest BCUT2D eigenvalue weighted by molar-refractivity contribution is 6.30. The number of hydrogen-bond donors (Lipinski definition) is 2. The summed E-state index contributed by atoms with van der Waals surface area (Å²) in [6, 6.07) is 3.46. The molecule has 2 rings (SSSR count). The van der Waals surface area contributed by atoms with E-state index in [9.17, 15) is 5.11 Å². The van der Waals surface area contributed by atoms with Crippen molar-refractivity contribution in [3.8, 4) is 11.5 Å². The first-order chi connectivity index (χ1) is 9.70. The predicted octanol–water partition coefficient (Wildman–Crippen LogP) is 2.28. The van der Waals surface area contributed by atoms with Gasteiger partial charge < -0.3 is 20.1 Å². The fourth-order valence-corrected chi connectivity index (χ4v) is 2.79. The standard InChI is InChI=1S/C15H23ClN2O2/c1-20-14-11-13(16)10-12(15(14)19)4-2-3-7-18-8-5-17-6-9-18/h10-11,17,19H,2-9H2,1H3. The number of halogens is 1. The molecule has 20 heavy (non-hydrogen) atoms. The molecular weight excluding hydrogens is 276 g/mol. The molecule has 1 heterocycles. The summed E-state index contributed by atoms with van der Waals surface area (Å²) in [6.45, 7) is 5.57. The van der Waals surface area contributed by atoms with Crippen LogP contribution in [0.25, 0.3) is 0 Å². The number of aromatic hydroxyl groups is 1. The Hall–Kier alpha value is -0.970. The number of benzene rings is 1. The van der Waals surface area contributed by atoms with Crippen LogP contribution >= 0.6 is 11.6 Å². The topological polar surface area (TPSA) is 44.7 Å². The summed E-state index contributed by atoms with van der Waals surface area (Å²) >= 11 is 6.03. The lowest BCUT2D eigenvalue weighted by Crippen LogP contribution is -2.43. The van der Waals surface area contributed by atoms with Crippen LogP contribution in [0.2, 0.25) is 5.02 Å². The van der Waals surface area contributed by atoms with Gasteiger partial charge in [0.25, 0.3) is 0 Å². The molecule has 1 aromatic carbocycles. The van der Waals surface area contributed by atoms with Gasteiger partial charge in [-0.15, -0.1) is 0 Å². The SMILES string of the molecule is COc1cc(Cl)cc(CCCCN2CCNCC2)c1O. The summed E-state index contributed by atoms with van der Waals surface area (Å²) < 4.78 is 5.12. The molecule has 112 valence electrons. The molecule has 2 N–H and O–H groups in total. The first kappa shape index (κ1) is 15.4. The van der Waals surface area contributed by atoms with E-state index >= 15 is 0 Å². The quantitative estimate of drug-likeness (QED) is 0.791. The van der Waals surface area contributed by atoms with Gasteiger partial charge in [-0.05, 0) is 37.4 Å². The number of nitrogens with zero attached hydrogens (tertiary/aromatic N) is 1. The monoisotopic (exact) mass is 298 g/mol. The van der Waals surface area contributed by atoms with E-state index < -0.39 is 0 Å². The number of methoxy groups -OCH3 is 1. The maximum Gasteiger partial charge on any atom is 0.162 e. The molecule has 0 amide bonds. The molecule has 1 aliphatic heterocycles. The second-order valence-electron chi connectivity index (χ2n) is 5.16. The van der Waals surface area contributed by atoms with Crippen LogP contribution in [0.5, 0.6) is 11.5 Å². The Balaban J connectivity index is 1.80. The molecule has 0 unspecified atom stereocenters. The second-order valence-corrected chi connectivity index (χ2v) is 5.60. The molecule has 0 aliphatic carbocycles. The number of piperazine rings is 1. The summed E-state index contributed by atoms with van der Waals surface area (Å²) in [5.74, 6) is 0.675. The lowest BCUT2D eigenvalue weighted by Gasteiger charge is -2.27. The van der Waals surface area contributed by atoms with Gasteiger partial charge >= 0.3 is 0 Å². The Labute approximate surface area is 125 Å². The third kappa shape index (κ3) is 4.27. The van der Waals surface area contributed by atoms with Crippen LogP contribution < -0.4 is 10.1 Å². The summed E-state index contributed by atoms with van der Waals surface area (Å²) in [5, 5.41) is 14.0. The highest BCUT2D eigenvalue weighted by Crippen LogP contribution is 2.34. The summed E-state index contributed by atoms with van der Waals surface area (Å²) in [7, 11) is 1.54.